The lowest BCUT2D eigenvalue weighted by molar-refractivity contribution is -0.870. The van der Waals surface area contributed by atoms with Crippen LogP contribution in [0.15, 0.2) is 72.9 Å². The molecule has 0 rings (SSSR count). The first-order valence-corrected chi connectivity index (χ1v) is 22.2. The number of rotatable bonds is 36. The number of hydrogen-bond donors (Lipinski definition) is 1. The summed E-state index contributed by atoms with van der Waals surface area (Å²) in [5.41, 5.74) is 0. The summed E-state index contributed by atoms with van der Waals surface area (Å²) in [6.07, 6.45) is 40.3. The van der Waals surface area contributed by atoms with E-state index in [9.17, 15) is 24.2 Å². The summed E-state index contributed by atoms with van der Waals surface area (Å²) >= 11 is 0. The molecule has 0 aliphatic heterocycles. The third-order valence-corrected chi connectivity index (χ3v) is 9.33. The average Bonchev–Trinajstić information content (AvgIpc) is 3.13. The van der Waals surface area contributed by atoms with E-state index in [2.05, 4.69) is 43.4 Å². The molecule has 0 spiro atoms. The van der Waals surface area contributed by atoms with E-state index in [1.54, 1.807) is 6.08 Å². The zero-order valence-corrected chi connectivity index (χ0v) is 35.8. The summed E-state index contributed by atoms with van der Waals surface area (Å²) in [5, 5.41) is 9.48. The van der Waals surface area contributed by atoms with Crippen LogP contribution >= 0.6 is 7.82 Å². The van der Waals surface area contributed by atoms with Crippen molar-refractivity contribution in [2.24, 2.45) is 0 Å². The number of ether oxygens (including phenoxy) is 2. The van der Waals surface area contributed by atoms with Crippen molar-refractivity contribution in [2.45, 2.75) is 148 Å². The van der Waals surface area contributed by atoms with Crippen molar-refractivity contribution in [3.63, 3.8) is 0 Å². The van der Waals surface area contributed by atoms with Gasteiger partial charge in [-0.3, -0.25) is 14.2 Å². The maximum absolute atomic E-state index is 12.6. The van der Waals surface area contributed by atoms with Gasteiger partial charge in [-0.05, 0) is 70.6 Å². The van der Waals surface area contributed by atoms with Gasteiger partial charge >= 0.3 is 11.9 Å². The Labute approximate surface area is 334 Å². The monoisotopic (exact) mass is 794 g/mol. The zero-order valence-electron chi connectivity index (χ0n) is 35.0. The van der Waals surface area contributed by atoms with Gasteiger partial charge in [0.05, 0.1) is 33.9 Å². The van der Waals surface area contributed by atoms with E-state index in [0.717, 1.165) is 57.8 Å². The predicted molar refractivity (Wildman–Crippen MR) is 223 cm³/mol. The minimum atomic E-state index is -4.65. The fourth-order valence-corrected chi connectivity index (χ4v) is 5.66. The molecular weight excluding hydrogens is 717 g/mol. The number of esters is 2. The van der Waals surface area contributed by atoms with Crippen LogP contribution in [-0.2, 0) is 32.7 Å². The van der Waals surface area contributed by atoms with Gasteiger partial charge < -0.3 is 33.0 Å². The van der Waals surface area contributed by atoms with E-state index in [4.69, 9.17) is 18.5 Å². The van der Waals surface area contributed by atoms with Crippen LogP contribution in [0.3, 0.4) is 0 Å². The van der Waals surface area contributed by atoms with Gasteiger partial charge in [-0.2, -0.15) is 0 Å². The number of phosphoric ester groups is 1. The molecular formula is C44H76NO9P. The quantitative estimate of drug-likeness (QED) is 0.0165. The fraction of sp³-hybridized carbons (Fsp3) is 0.682. The van der Waals surface area contributed by atoms with Crippen molar-refractivity contribution < 1.29 is 47.2 Å². The highest BCUT2D eigenvalue weighted by Gasteiger charge is 2.21. The topological polar surface area (TPSA) is 131 Å². The lowest BCUT2D eigenvalue weighted by atomic mass is 10.1. The van der Waals surface area contributed by atoms with Gasteiger partial charge in [0, 0.05) is 12.8 Å². The molecule has 0 heterocycles. The van der Waals surface area contributed by atoms with Gasteiger partial charge in [-0.15, -0.1) is 0 Å². The molecule has 0 radical (unpaired) electrons. The fourth-order valence-electron chi connectivity index (χ4n) is 4.93. The molecule has 55 heavy (non-hydrogen) atoms. The van der Waals surface area contributed by atoms with E-state index < -0.39 is 32.5 Å². The van der Waals surface area contributed by atoms with Crippen LogP contribution in [0.25, 0.3) is 0 Å². The number of nitrogens with zero attached hydrogens (tertiary/aromatic N) is 1. The van der Waals surface area contributed by atoms with Gasteiger partial charge in [0.1, 0.15) is 19.8 Å². The van der Waals surface area contributed by atoms with Crippen molar-refractivity contribution in [3.8, 4) is 0 Å². The normalized spacial score (nSPS) is 15.0. The standard InChI is InChI=1S/C44H76NO9P/c1-6-8-9-10-11-12-13-16-20-23-26-29-32-35-43(47)51-39-42(40-53-55(49,50)52-38-37-45(3,4)5)54-44(48)36-33-30-27-24-21-18-15-14-17-19-22-25-28-31-34-41(46)7-2/h12-13,15,17-19,24-25,27-28,31,34,41-42,46H,6-11,14,16,20-23,26,29-30,32-33,35-40H2,1-5H3/b13-12-,18-15-,19-17-,27-24-,28-25-,34-31+. The molecule has 0 aliphatic rings. The zero-order chi connectivity index (χ0) is 40.9. The molecule has 0 fully saturated rings. The predicted octanol–water partition coefficient (Wildman–Crippen LogP) is 9.80. The lowest BCUT2D eigenvalue weighted by Gasteiger charge is -2.28. The smallest absolute Gasteiger partial charge is 0.306 e. The van der Waals surface area contributed by atoms with Crippen LogP contribution in [0.2, 0.25) is 0 Å². The number of aliphatic hydroxyl groups excluding tert-OH is 1. The number of likely N-dealkylation sites (N-methyl/N-ethyl adjacent to an activating group) is 1. The molecule has 11 heteroatoms. The maximum atomic E-state index is 12.6. The number of hydrogen-bond acceptors (Lipinski definition) is 9. The highest BCUT2D eigenvalue weighted by Crippen LogP contribution is 2.38. The molecule has 10 nitrogen and oxygen atoms in total. The number of carbonyl (C=O) groups excluding carboxylic acids is 2. The molecule has 0 amide bonds. The minimum absolute atomic E-state index is 0.0528. The summed E-state index contributed by atoms with van der Waals surface area (Å²) < 4.78 is 33.7. The Balaban J connectivity index is 4.55. The van der Waals surface area contributed by atoms with Crippen LogP contribution in [0.1, 0.15) is 136 Å². The number of allylic oxidation sites excluding steroid dienone is 11. The largest absolute Gasteiger partial charge is 0.756 e. The summed E-state index contributed by atoms with van der Waals surface area (Å²) in [5.74, 6) is -0.941. The molecule has 0 aromatic heterocycles. The van der Waals surface area contributed by atoms with Crippen molar-refractivity contribution in [2.75, 3.05) is 47.5 Å². The van der Waals surface area contributed by atoms with Gasteiger partial charge in [-0.25, -0.2) is 0 Å². The summed E-state index contributed by atoms with van der Waals surface area (Å²) in [6.45, 7) is 3.76. The first kappa shape index (κ1) is 52.4. The Morgan fingerprint density at radius 3 is 1.85 bits per heavy atom. The molecule has 0 aromatic carbocycles. The first-order valence-electron chi connectivity index (χ1n) is 20.8. The van der Waals surface area contributed by atoms with Crippen LogP contribution in [0, 0.1) is 0 Å². The number of quaternary nitrogens is 1. The average molecular weight is 794 g/mol. The van der Waals surface area contributed by atoms with E-state index in [0.29, 0.717) is 36.7 Å². The Morgan fingerprint density at radius 2 is 1.22 bits per heavy atom. The number of carbonyl (C=O) groups is 2. The van der Waals surface area contributed by atoms with Gasteiger partial charge in [-0.1, -0.05) is 125 Å². The van der Waals surface area contributed by atoms with Crippen molar-refractivity contribution in [3.05, 3.63) is 72.9 Å². The SMILES string of the molecule is CCCCCC/C=C\CCCCCCCC(=O)OCC(COP(=O)([O-])OCC[N+](C)(C)C)OC(=O)CCC/C=C\C/C=C\C/C=C\C/C=C\C=C\C(O)CC. The summed E-state index contributed by atoms with van der Waals surface area (Å²) in [7, 11) is 1.09. The van der Waals surface area contributed by atoms with E-state index in [1.165, 1.54) is 25.7 Å². The highest BCUT2D eigenvalue weighted by atomic mass is 31.2. The minimum Gasteiger partial charge on any atom is -0.756 e. The molecule has 0 aromatic rings. The molecule has 3 atom stereocenters. The number of aliphatic hydroxyl groups is 1. The lowest BCUT2D eigenvalue weighted by Crippen LogP contribution is -2.37. The van der Waals surface area contributed by atoms with Crippen LogP contribution < -0.4 is 4.89 Å². The molecule has 0 bridgehead atoms. The highest BCUT2D eigenvalue weighted by molar-refractivity contribution is 7.45. The number of unbranched alkanes of at least 4 members (excludes halogenated alkanes) is 10. The van der Waals surface area contributed by atoms with Crippen molar-refractivity contribution in [1.29, 1.82) is 0 Å². The van der Waals surface area contributed by atoms with Crippen molar-refractivity contribution in [1.82, 2.24) is 0 Å². The molecule has 0 aliphatic carbocycles. The molecule has 1 N–H and O–H groups in total. The maximum Gasteiger partial charge on any atom is 0.306 e. The Kier molecular flexibility index (Phi) is 34.1. The van der Waals surface area contributed by atoms with E-state index in [1.807, 2.05) is 58.4 Å². The molecule has 0 saturated heterocycles. The molecule has 3 unspecified atom stereocenters. The van der Waals surface area contributed by atoms with Gasteiger partial charge in [0.15, 0.2) is 6.10 Å². The summed E-state index contributed by atoms with van der Waals surface area (Å²) in [6, 6.07) is 0. The third kappa shape index (κ3) is 39.4. The van der Waals surface area contributed by atoms with E-state index in [-0.39, 0.29) is 32.2 Å². The Morgan fingerprint density at radius 1 is 0.673 bits per heavy atom. The van der Waals surface area contributed by atoms with Crippen LogP contribution in [0.5, 0.6) is 0 Å². The second kappa shape index (κ2) is 35.8. The molecule has 0 saturated carbocycles. The summed E-state index contributed by atoms with van der Waals surface area (Å²) in [4.78, 5) is 37.4. The first-order chi connectivity index (χ1) is 26.4. The Hall–Kier alpha value is -2.59. The van der Waals surface area contributed by atoms with Gasteiger partial charge in [0.2, 0.25) is 0 Å². The van der Waals surface area contributed by atoms with Gasteiger partial charge in [0.25, 0.3) is 7.82 Å². The number of phosphoric acid groups is 1. The van der Waals surface area contributed by atoms with Crippen LogP contribution in [0.4, 0.5) is 0 Å². The van der Waals surface area contributed by atoms with Crippen LogP contribution in [-0.4, -0.2) is 81.2 Å². The third-order valence-electron chi connectivity index (χ3n) is 8.37. The Bertz CT molecular complexity index is 1190. The second-order valence-electron chi connectivity index (χ2n) is 14.8. The molecule has 316 valence electrons. The van der Waals surface area contributed by atoms with E-state index >= 15 is 0 Å². The second-order valence-corrected chi connectivity index (χ2v) is 16.2. The van der Waals surface area contributed by atoms with Crippen molar-refractivity contribution >= 4 is 19.8 Å².